The molecule has 0 aromatic heterocycles. The van der Waals surface area contributed by atoms with Crippen LogP contribution in [0.1, 0.15) is 35.7 Å². The van der Waals surface area contributed by atoms with Crippen LogP contribution in [0.3, 0.4) is 0 Å². The minimum Gasteiger partial charge on any atom is -0.376 e. The van der Waals surface area contributed by atoms with Gasteiger partial charge in [0.1, 0.15) is 6.54 Å². The SMILES string of the molecule is CCc1ccccc1N(CC(=O)Nc1ccccc1C(=O)NC[C@@H]1CCCO1)S(C)(=O)=O. The number of nitrogens with zero attached hydrogens (tertiary/aromatic N) is 1. The average molecular weight is 460 g/mol. The second-order valence-corrected chi connectivity index (χ2v) is 9.60. The highest BCUT2D eigenvalue weighted by Crippen LogP contribution is 2.24. The zero-order chi connectivity index (χ0) is 23.1. The molecule has 1 saturated heterocycles. The van der Waals surface area contributed by atoms with Crippen LogP contribution in [-0.4, -0.2) is 52.3 Å². The number of aryl methyl sites for hydroxylation is 1. The maximum Gasteiger partial charge on any atom is 0.253 e. The van der Waals surface area contributed by atoms with E-state index < -0.39 is 22.5 Å². The Hall–Kier alpha value is -2.91. The molecule has 32 heavy (non-hydrogen) atoms. The lowest BCUT2D eigenvalue weighted by Gasteiger charge is -2.24. The summed E-state index contributed by atoms with van der Waals surface area (Å²) in [6.45, 7) is 2.62. The first-order valence-electron chi connectivity index (χ1n) is 10.6. The molecule has 8 nitrogen and oxygen atoms in total. The van der Waals surface area contributed by atoms with E-state index >= 15 is 0 Å². The lowest BCUT2D eigenvalue weighted by atomic mass is 10.1. The van der Waals surface area contributed by atoms with Crippen LogP contribution < -0.4 is 14.9 Å². The molecule has 0 spiro atoms. The number of carbonyl (C=O) groups is 2. The van der Waals surface area contributed by atoms with Crippen LogP contribution in [-0.2, 0) is 26.0 Å². The van der Waals surface area contributed by atoms with Crippen molar-refractivity contribution >= 4 is 33.2 Å². The first-order valence-corrected chi connectivity index (χ1v) is 12.5. The van der Waals surface area contributed by atoms with Crippen LogP contribution in [0.5, 0.6) is 0 Å². The van der Waals surface area contributed by atoms with Gasteiger partial charge in [-0.05, 0) is 43.0 Å². The quantitative estimate of drug-likeness (QED) is 0.600. The predicted molar refractivity (Wildman–Crippen MR) is 124 cm³/mol. The third-order valence-corrected chi connectivity index (χ3v) is 6.42. The summed E-state index contributed by atoms with van der Waals surface area (Å²) in [4.78, 5) is 25.5. The first kappa shape index (κ1) is 23.7. The number of carbonyl (C=O) groups excluding carboxylic acids is 2. The third kappa shape index (κ3) is 6.08. The average Bonchev–Trinajstić information content (AvgIpc) is 3.29. The Kier molecular flexibility index (Phi) is 7.87. The van der Waals surface area contributed by atoms with E-state index in [9.17, 15) is 18.0 Å². The topological polar surface area (TPSA) is 105 Å². The zero-order valence-corrected chi connectivity index (χ0v) is 19.2. The van der Waals surface area contributed by atoms with Crippen LogP contribution in [0.2, 0.25) is 0 Å². The van der Waals surface area contributed by atoms with Crippen LogP contribution >= 0.6 is 0 Å². The van der Waals surface area contributed by atoms with Crippen LogP contribution in [0.4, 0.5) is 11.4 Å². The Bertz CT molecular complexity index is 1060. The van der Waals surface area contributed by atoms with Gasteiger partial charge in [0.25, 0.3) is 5.91 Å². The summed E-state index contributed by atoms with van der Waals surface area (Å²) in [5.41, 5.74) is 1.91. The van der Waals surface area contributed by atoms with Crippen molar-refractivity contribution in [2.45, 2.75) is 32.3 Å². The number of ether oxygens (including phenoxy) is 1. The molecule has 1 heterocycles. The van der Waals surface area contributed by atoms with Crippen molar-refractivity contribution < 1.29 is 22.7 Å². The molecular weight excluding hydrogens is 430 g/mol. The van der Waals surface area contributed by atoms with E-state index in [1.165, 1.54) is 0 Å². The second kappa shape index (κ2) is 10.6. The number of nitrogens with one attached hydrogen (secondary N) is 2. The number of rotatable bonds is 9. The molecule has 3 rings (SSSR count). The highest BCUT2D eigenvalue weighted by atomic mass is 32.2. The Morgan fingerprint density at radius 1 is 1.12 bits per heavy atom. The number of benzene rings is 2. The Morgan fingerprint density at radius 3 is 2.53 bits per heavy atom. The van der Waals surface area contributed by atoms with E-state index in [1.807, 2.05) is 19.1 Å². The molecule has 0 unspecified atom stereocenters. The number of para-hydroxylation sites is 2. The van der Waals surface area contributed by atoms with Gasteiger partial charge in [0.05, 0.1) is 29.3 Å². The largest absolute Gasteiger partial charge is 0.376 e. The third-order valence-electron chi connectivity index (χ3n) is 5.29. The Balaban J connectivity index is 1.74. The molecule has 0 radical (unpaired) electrons. The van der Waals surface area contributed by atoms with E-state index in [2.05, 4.69) is 10.6 Å². The summed E-state index contributed by atoms with van der Waals surface area (Å²) < 4.78 is 31.5. The lowest BCUT2D eigenvalue weighted by Crippen LogP contribution is -2.38. The second-order valence-electron chi connectivity index (χ2n) is 7.69. The molecule has 9 heteroatoms. The molecule has 2 aromatic rings. The van der Waals surface area contributed by atoms with Gasteiger partial charge in [-0.1, -0.05) is 37.3 Å². The van der Waals surface area contributed by atoms with Gasteiger partial charge < -0.3 is 15.4 Å². The predicted octanol–water partition coefficient (Wildman–Crippen LogP) is 2.56. The summed E-state index contributed by atoms with van der Waals surface area (Å²) in [7, 11) is -3.70. The molecule has 0 saturated carbocycles. The van der Waals surface area contributed by atoms with Gasteiger partial charge in [-0.3, -0.25) is 13.9 Å². The van der Waals surface area contributed by atoms with Crippen molar-refractivity contribution in [1.82, 2.24) is 5.32 Å². The Labute approximate surface area is 189 Å². The summed E-state index contributed by atoms with van der Waals surface area (Å²) in [5.74, 6) is -0.867. The standard InChI is InChI=1S/C23H29N3O5S/c1-3-17-9-4-7-13-21(17)26(32(2,29)30)16-22(27)25-20-12-6-5-11-19(20)23(28)24-15-18-10-8-14-31-18/h4-7,9,11-13,18H,3,8,10,14-16H2,1-2H3,(H,24,28)(H,25,27)/t18-/m0/s1. The van der Waals surface area contributed by atoms with E-state index in [0.29, 0.717) is 36.5 Å². The monoisotopic (exact) mass is 459 g/mol. The molecule has 0 aliphatic carbocycles. The number of anilines is 2. The number of amides is 2. The van der Waals surface area contributed by atoms with Crippen molar-refractivity contribution in [3.8, 4) is 0 Å². The van der Waals surface area contributed by atoms with E-state index in [-0.39, 0.29) is 12.0 Å². The molecule has 2 amide bonds. The molecule has 2 aromatic carbocycles. The van der Waals surface area contributed by atoms with Crippen molar-refractivity contribution in [2.24, 2.45) is 0 Å². The highest BCUT2D eigenvalue weighted by molar-refractivity contribution is 7.92. The van der Waals surface area contributed by atoms with E-state index in [4.69, 9.17) is 4.74 Å². The first-order chi connectivity index (χ1) is 15.3. The lowest BCUT2D eigenvalue weighted by molar-refractivity contribution is -0.114. The van der Waals surface area contributed by atoms with E-state index in [1.54, 1.807) is 36.4 Å². The molecular formula is C23H29N3O5S. The summed E-state index contributed by atoms with van der Waals surface area (Å²) in [5, 5.41) is 5.53. The number of hydrogen-bond donors (Lipinski definition) is 2. The van der Waals surface area contributed by atoms with Gasteiger partial charge in [-0.2, -0.15) is 0 Å². The van der Waals surface area contributed by atoms with Crippen LogP contribution in [0.25, 0.3) is 0 Å². The fourth-order valence-electron chi connectivity index (χ4n) is 3.65. The van der Waals surface area contributed by atoms with Gasteiger partial charge in [-0.25, -0.2) is 8.42 Å². The van der Waals surface area contributed by atoms with Crippen molar-refractivity contribution in [3.05, 3.63) is 59.7 Å². The number of hydrogen-bond acceptors (Lipinski definition) is 5. The molecule has 1 atom stereocenters. The molecule has 0 bridgehead atoms. The minimum atomic E-state index is -3.70. The molecule has 2 N–H and O–H groups in total. The fraction of sp³-hybridized carbons (Fsp3) is 0.391. The van der Waals surface area contributed by atoms with Gasteiger partial charge in [0.15, 0.2) is 0 Å². The van der Waals surface area contributed by atoms with Crippen molar-refractivity contribution in [3.63, 3.8) is 0 Å². The normalized spacial score (nSPS) is 15.9. The van der Waals surface area contributed by atoms with E-state index in [0.717, 1.165) is 29.0 Å². The summed E-state index contributed by atoms with van der Waals surface area (Å²) >= 11 is 0. The van der Waals surface area contributed by atoms with Gasteiger partial charge in [0.2, 0.25) is 15.9 Å². The highest BCUT2D eigenvalue weighted by Gasteiger charge is 2.24. The van der Waals surface area contributed by atoms with Crippen molar-refractivity contribution in [2.75, 3.05) is 35.6 Å². The summed E-state index contributed by atoms with van der Waals surface area (Å²) in [6.07, 6.45) is 3.57. The van der Waals surface area contributed by atoms with Gasteiger partial charge >= 0.3 is 0 Å². The van der Waals surface area contributed by atoms with Crippen LogP contribution in [0, 0.1) is 0 Å². The molecule has 172 valence electrons. The summed E-state index contributed by atoms with van der Waals surface area (Å²) in [6, 6.07) is 13.7. The molecule has 1 aliphatic rings. The zero-order valence-electron chi connectivity index (χ0n) is 18.3. The smallest absolute Gasteiger partial charge is 0.253 e. The van der Waals surface area contributed by atoms with Crippen LogP contribution in [0.15, 0.2) is 48.5 Å². The number of sulfonamides is 1. The maximum absolute atomic E-state index is 12.8. The maximum atomic E-state index is 12.8. The van der Waals surface area contributed by atoms with Crippen molar-refractivity contribution in [1.29, 1.82) is 0 Å². The Morgan fingerprint density at radius 2 is 1.84 bits per heavy atom. The minimum absolute atomic E-state index is 0.00246. The van der Waals surface area contributed by atoms with Gasteiger partial charge in [-0.15, -0.1) is 0 Å². The fourth-order valence-corrected chi connectivity index (χ4v) is 4.54. The van der Waals surface area contributed by atoms with Gasteiger partial charge in [0, 0.05) is 13.2 Å². The molecule has 1 fully saturated rings. The molecule has 1 aliphatic heterocycles.